The second kappa shape index (κ2) is 5.48. The fourth-order valence-corrected chi connectivity index (χ4v) is 1.52. The number of pyridine rings is 1. The van der Waals surface area contributed by atoms with Gasteiger partial charge in [0.1, 0.15) is 10.3 Å². The van der Waals surface area contributed by atoms with Gasteiger partial charge >= 0.3 is 6.36 Å². The Morgan fingerprint density at radius 3 is 2.50 bits per heavy atom. The largest absolute Gasteiger partial charge is 0.573 e. The Bertz CT molecular complexity index is 483. The summed E-state index contributed by atoms with van der Waals surface area (Å²) in [7, 11) is 0. The van der Waals surface area contributed by atoms with E-state index in [1.807, 2.05) is 0 Å². The lowest BCUT2D eigenvalue weighted by atomic mass is 10.1. The summed E-state index contributed by atoms with van der Waals surface area (Å²) in [6, 6.07) is 2.28. The number of halogens is 6. The number of rotatable bonds is 3. The van der Waals surface area contributed by atoms with E-state index in [0.717, 1.165) is 6.07 Å². The first kappa shape index (κ1) is 14.6. The SMILES string of the molecule is N#CCc1cc(OC(F)(F)F)c(Br)nc1C(F)F. The molecule has 0 aromatic carbocycles. The summed E-state index contributed by atoms with van der Waals surface area (Å²) >= 11 is 2.60. The normalized spacial score (nSPS) is 11.4. The van der Waals surface area contributed by atoms with Crippen LogP contribution in [0.25, 0.3) is 0 Å². The maximum atomic E-state index is 12.5. The maximum Gasteiger partial charge on any atom is 0.573 e. The van der Waals surface area contributed by atoms with E-state index in [4.69, 9.17) is 5.26 Å². The van der Waals surface area contributed by atoms with Crippen molar-refractivity contribution >= 4 is 15.9 Å². The molecular formula is C9H4BrF5N2O. The van der Waals surface area contributed by atoms with Crippen molar-refractivity contribution in [2.24, 2.45) is 0 Å². The number of hydrogen-bond donors (Lipinski definition) is 0. The van der Waals surface area contributed by atoms with Crippen LogP contribution in [0.4, 0.5) is 22.0 Å². The predicted octanol–water partition coefficient (Wildman–Crippen LogP) is 3.75. The van der Waals surface area contributed by atoms with E-state index in [-0.39, 0.29) is 5.56 Å². The number of nitrogens with zero attached hydrogens (tertiary/aromatic N) is 2. The molecule has 0 radical (unpaired) electrons. The highest BCUT2D eigenvalue weighted by molar-refractivity contribution is 9.10. The molecule has 0 amide bonds. The van der Waals surface area contributed by atoms with Crippen molar-refractivity contribution < 1.29 is 26.7 Å². The molecule has 1 aromatic rings. The van der Waals surface area contributed by atoms with Crippen LogP contribution in [0.2, 0.25) is 0 Å². The molecule has 0 bridgehead atoms. The number of hydrogen-bond acceptors (Lipinski definition) is 3. The van der Waals surface area contributed by atoms with Crippen molar-refractivity contribution in [2.75, 3.05) is 0 Å². The van der Waals surface area contributed by atoms with Gasteiger partial charge in [-0.2, -0.15) is 5.26 Å². The van der Waals surface area contributed by atoms with Crippen LogP contribution in [0, 0.1) is 11.3 Å². The minimum Gasteiger partial charge on any atom is -0.403 e. The van der Waals surface area contributed by atoms with E-state index in [9.17, 15) is 22.0 Å². The minimum atomic E-state index is -4.97. The molecule has 0 saturated heterocycles. The topological polar surface area (TPSA) is 45.9 Å². The van der Waals surface area contributed by atoms with Gasteiger partial charge in [-0.05, 0) is 27.6 Å². The van der Waals surface area contributed by atoms with E-state index < -0.39 is 35.3 Å². The van der Waals surface area contributed by atoms with E-state index in [0.29, 0.717) is 0 Å². The molecular weight excluding hydrogens is 327 g/mol. The van der Waals surface area contributed by atoms with E-state index in [2.05, 4.69) is 25.7 Å². The van der Waals surface area contributed by atoms with Crippen LogP contribution in [0.15, 0.2) is 10.7 Å². The van der Waals surface area contributed by atoms with E-state index in [1.54, 1.807) is 6.07 Å². The fourth-order valence-electron chi connectivity index (χ4n) is 1.14. The van der Waals surface area contributed by atoms with Gasteiger partial charge in [-0.3, -0.25) is 0 Å². The van der Waals surface area contributed by atoms with Crippen LogP contribution < -0.4 is 4.74 Å². The zero-order chi connectivity index (χ0) is 13.9. The molecule has 1 aromatic heterocycles. The van der Waals surface area contributed by atoms with Crippen LogP contribution in [0.5, 0.6) is 5.75 Å². The average Bonchev–Trinajstić information content (AvgIpc) is 2.20. The van der Waals surface area contributed by atoms with Crippen molar-refractivity contribution in [2.45, 2.75) is 19.2 Å². The highest BCUT2D eigenvalue weighted by atomic mass is 79.9. The highest BCUT2D eigenvalue weighted by Gasteiger charge is 2.33. The molecule has 0 saturated carbocycles. The van der Waals surface area contributed by atoms with Crippen LogP contribution >= 0.6 is 15.9 Å². The second-order valence-electron chi connectivity index (χ2n) is 3.01. The first-order chi connectivity index (χ1) is 8.24. The van der Waals surface area contributed by atoms with E-state index in [1.165, 1.54) is 0 Å². The van der Waals surface area contributed by atoms with Crippen molar-refractivity contribution in [1.82, 2.24) is 4.98 Å². The lowest BCUT2D eigenvalue weighted by Crippen LogP contribution is -2.18. The summed E-state index contributed by atoms with van der Waals surface area (Å²) < 4.78 is 64.2. The molecule has 98 valence electrons. The third-order valence-corrected chi connectivity index (χ3v) is 2.33. The number of ether oxygens (including phenoxy) is 1. The van der Waals surface area contributed by atoms with Gasteiger partial charge in [-0.15, -0.1) is 13.2 Å². The standard InChI is InChI=1S/C9H4BrF5N2O/c10-7-5(18-9(13,14)15)3-4(1-2-16)6(17-7)8(11)12/h3,8H,1H2. The quantitative estimate of drug-likeness (QED) is 0.626. The van der Waals surface area contributed by atoms with Crippen LogP contribution in [-0.2, 0) is 6.42 Å². The summed E-state index contributed by atoms with van der Waals surface area (Å²) in [5, 5.41) is 8.42. The van der Waals surface area contributed by atoms with Gasteiger partial charge in [0.05, 0.1) is 12.5 Å². The molecule has 0 atom stereocenters. The predicted molar refractivity (Wildman–Crippen MR) is 52.9 cm³/mol. The zero-order valence-electron chi connectivity index (χ0n) is 8.43. The van der Waals surface area contributed by atoms with Crippen molar-refractivity contribution in [3.8, 4) is 11.8 Å². The molecule has 0 aliphatic heterocycles. The Morgan fingerprint density at radius 1 is 1.44 bits per heavy atom. The smallest absolute Gasteiger partial charge is 0.403 e. The molecule has 0 N–H and O–H groups in total. The monoisotopic (exact) mass is 330 g/mol. The van der Waals surface area contributed by atoms with Gasteiger partial charge in [0, 0.05) is 0 Å². The molecule has 0 aliphatic carbocycles. The minimum absolute atomic E-state index is 0.310. The van der Waals surface area contributed by atoms with Crippen molar-refractivity contribution in [3.05, 3.63) is 21.9 Å². The Kier molecular flexibility index (Phi) is 4.45. The number of alkyl halides is 5. The Labute approximate surface area is 106 Å². The summed E-state index contributed by atoms with van der Waals surface area (Å²) in [5.41, 5.74) is -1.06. The van der Waals surface area contributed by atoms with Gasteiger partial charge in [-0.1, -0.05) is 0 Å². The molecule has 0 spiro atoms. The molecule has 9 heteroatoms. The zero-order valence-corrected chi connectivity index (χ0v) is 10.0. The molecule has 3 nitrogen and oxygen atoms in total. The van der Waals surface area contributed by atoms with Crippen LogP contribution in [0.3, 0.4) is 0 Å². The molecule has 1 heterocycles. The fraction of sp³-hybridized carbons (Fsp3) is 0.333. The van der Waals surface area contributed by atoms with Gasteiger partial charge in [-0.25, -0.2) is 13.8 Å². The Morgan fingerprint density at radius 2 is 2.06 bits per heavy atom. The van der Waals surface area contributed by atoms with Gasteiger partial charge in [0.2, 0.25) is 0 Å². The second-order valence-corrected chi connectivity index (χ2v) is 3.76. The van der Waals surface area contributed by atoms with Gasteiger partial charge in [0.15, 0.2) is 5.75 Å². The summed E-state index contributed by atoms with van der Waals surface area (Å²) in [6.07, 6.45) is -8.46. The molecule has 0 unspecified atom stereocenters. The third-order valence-electron chi connectivity index (χ3n) is 1.76. The maximum absolute atomic E-state index is 12.5. The first-order valence-electron chi connectivity index (χ1n) is 4.34. The Hall–Kier alpha value is -1.43. The number of nitriles is 1. The van der Waals surface area contributed by atoms with Crippen molar-refractivity contribution in [3.63, 3.8) is 0 Å². The van der Waals surface area contributed by atoms with Crippen LogP contribution in [-0.4, -0.2) is 11.3 Å². The Balaban J connectivity index is 3.23. The average molecular weight is 331 g/mol. The molecule has 18 heavy (non-hydrogen) atoms. The van der Waals surface area contributed by atoms with E-state index >= 15 is 0 Å². The van der Waals surface area contributed by atoms with Crippen LogP contribution in [0.1, 0.15) is 17.7 Å². The lowest BCUT2D eigenvalue weighted by Gasteiger charge is -2.13. The lowest BCUT2D eigenvalue weighted by molar-refractivity contribution is -0.275. The van der Waals surface area contributed by atoms with Gasteiger partial charge < -0.3 is 4.74 Å². The number of aromatic nitrogens is 1. The summed E-state index contributed by atoms with van der Waals surface area (Å²) in [5.74, 6) is -0.767. The molecule has 1 rings (SSSR count). The molecule has 0 fully saturated rings. The highest BCUT2D eigenvalue weighted by Crippen LogP contribution is 2.33. The molecule has 0 aliphatic rings. The summed E-state index contributed by atoms with van der Waals surface area (Å²) in [6.45, 7) is 0. The van der Waals surface area contributed by atoms with Gasteiger partial charge in [0.25, 0.3) is 6.43 Å². The third kappa shape index (κ3) is 3.80. The van der Waals surface area contributed by atoms with Crippen molar-refractivity contribution in [1.29, 1.82) is 5.26 Å². The summed E-state index contributed by atoms with van der Waals surface area (Å²) in [4.78, 5) is 3.27. The first-order valence-corrected chi connectivity index (χ1v) is 5.14.